The lowest BCUT2D eigenvalue weighted by atomic mass is 9.48. The van der Waals surface area contributed by atoms with Crippen molar-refractivity contribution in [3.05, 3.63) is 64.7 Å². The molecule has 1 amide bonds. The summed E-state index contributed by atoms with van der Waals surface area (Å²) in [7, 11) is 1.61. The van der Waals surface area contributed by atoms with E-state index >= 15 is 0 Å². The first-order valence-corrected chi connectivity index (χ1v) is 13.4. The van der Waals surface area contributed by atoms with Gasteiger partial charge < -0.3 is 19.5 Å². The van der Waals surface area contributed by atoms with E-state index in [4.69, 9.17) is 14.2 Å². The molecule has 0 heterocycles. The third-order valence-corrected chi connectivity index (χ3v) is 8.14. The van der Waals surface area contributed by atoms with Crippen LogP contribution in [0.3, 0.4) is 0 Å². The van der Waals surface area contributed by atoms with Gasteiger partial charge in [0.15, 0.2) is 0 Å². The lowest BCUT2D eigenvalue weighted by Crippen LogP contribution is -2.48. The third kappa shape index (κ3) is 5.16. The average molecular weight is 488 g/mol. The third-order valence-electron chi connectivity index (χ3n) is 8.14. The molecular formula is C31H37NO4. The second-order valence-corrected chi connectivity index (χ2v) is 10.7. The van der Waals surface area contributed by atoms with Crippen LogP contribution in [0.4, 0.5) is 0 Å². The summed E-state index contributed by atoms with van der Waals surface area (Å²) in [5.41, 5.74) is 3.93. The number of carbonyl (C=O) groups is 1. The Morgan fingerprint density at radius 3 is 2.17 bits per heavy atom. The van der Waals surface area contributed by atoms with E-state index in [1.165, 1.54) is 44.1 Å². The average Bonchev–Trinajstić information content (AvgIpc) is 2.87. The van der Waals surface area contributed by atoms with Crippen LogP contribution in [0.1, 0.15) is 79.4 Å². The molecule has 4 aliphatic carbocycles. The highest BCUT2D eigenvalue weighted by atomic mass is 16.8. The van der Waals surface area contributed by atoms with Gasteiger partial charge >= 0.3 is 6.48 Å². The van der Waals surface area contributed by atoms with E-state index in [-0.39, 0.29) is 11.3 Å². The Bertz CT molecular complexity index is 1110. The van der Waals surface area contributed by atoms with Gasteiger partial charge in [-0.2, -0.15) is 0 Å². The van der Waals surface area contributed by atoms with Crippen molar-refractivity contribution < 1.29 is 19.0 Å². The van der Waals surface area contributed by atoms with Crippen LogP contribution in [0, 0.1) is 29.6 Å². The summed E-state index contributed by atoms with van der Waals surface area (Å²) in [6.07, 6.45) is 7.88. The maximum Gasteiger partial charge on any atom is 0.315 e. The van der Waals surface area contributed by atoms with Gasteiger partial charge in [-0.05, 0) is 118 Å². The molecule has 1 unspecified atom stereocenters. The number of amides is 1. The number of carbonyl (C=O) groups excluding carboxylic acids is 1. The summed E-state index contributed by atoms with van der Waals surface area (Å²) in [5, 5.41) is 2.83. The molecule has 4 saturated carbocycles. The second-order valence-electron chi connectivity index (χ2n) is 10.7. The van der Waals surface area contributed by atoms with E-state index in [0.717, 1.165) is 34.6 Å². The number of ether oxygens (including phenoxy) is 3. The van der Waals surface area contributed by atoms with Gasteiger partial charge in [-0.1, -0.05) is 11.8 Å². The Morgan fingerprint density at radius 1 is 0.972 bits per heavy atom. The van der Waals surface area contributed by atoms with Crippen LogP contribution in [0.25, 0.3) is 0 Å². The summed E-state index contributed by atoms with van der Waals surface area (Å²) in [5.74, 6) is 9.91. The minimum atomic E-state index is -0.719. The predicted molar refractivity (Wildman–Crippen MR) is 140 cm³/mol. The zero-order valence-electron chi connectivity index (χ0n) is 21.6. The van der Waals surface area contributed by atoms with Crippen molar-refractivity contribution in [3.63, 3.8) is 0 Å². The van der Waals surface area contributed by atoms with Crippen molar-refractivity contribution in [1.82, 2.24) is 5.32 Å². The minimum Gasteiger partial charge on any atom is -0.441 e. The number of rotatable bonds is 8. The van der Waals surface area contributed by atoms with E-state index in [9.17, 15) is 4.79 Å². The summed E-state index contributed by atoms with van der Waals surface area (Å²) in [6.45, 7) is 4.27. The Hall–Kier alpha value is -2.81. The zero-order valence-corrected chi connectivity index (χ0v) is 21.6. The molecule has 5 nitrogen and oxygen atoms in total. The van der Waals surface area contributed by atoms with Crippen LogP contribution < -0.4 is 10.1 Å². The fourth-order valence-corrected chi connectivity index (χ4v) is 7.07. The lowest BCUT2D eigenvalue weighted by Gasteiger charge is -2.57. The maximum absolute atomic E-state index is 12.0. The molecule has 0 spiro atoms. The second kappa shape index (κ2) is 10.7. The van der Waals surface area contributed by atoms with Crippen LogP contribution in [-0.4, -0.2) is 32.6 Å². The van der Waals surface area contributed by atoms with E-state index in [0.29, 0.717) is 18.7 Å². The van der Waals surface area contributed by atoms with Crippen LogP contribution in [0.2, 0.25) is 0 Å². The maximum atomic E-state index is 12.0. The molecule has 5 heteroatoms. The molecule has 0 aromatic heterocycles. The SMILES string of the molecule is CCNC(=O)c1ccc(C#Cc2ccc(OC(OC)OCC)c(C34CC5CC(CC(C5)C3)C4)c2)cc1. The molecule has 4 bridgehead atoms. The van der Waals surface area contributed by atoms with Gasteiger partial charge in [0.1, 0.15) is 5.75 Å². The summed E-state index contributed by atoms with van der Waals surface area (Å²) < 4.78 is 17.4. The van der Waals surface area contributed by atoms with E-state index < -0.39 is 6.48 Å². The molecule has 2 aromatic rings. The molecular weight excluding hydrogens is 450 g/mol. The van der Waals surface area contributed by atoms with E-state index in [1.807, 2.05) is 50.2 Å². The van der Waals surface area contributed by atoms with E-state index in [2.05, 4.69) is 23.2 Å². The van der Waals surface area contributed by atoms with Crippen molar-refractivity contribution in [2.75, 3.05) is 20.3 Å². The number of hydrogen-bond acceptors (Lipinski definition) is 4. The highest BCUT2D eigenvalue weighted by Crippen LogP contribution is 2.62. The van der Waals surface area contributed by atoms with Crippen LogP contribution in [-0.2, 0) is 14.9 Å². The fourth-order valence-electron chi connectivity index (χ4n) is 7.07. The summed E-state index contributed by atoms with van der Waals surface area (Å²) in [6, 6.07) is 13.8. The Balaban J connectivity index is 1.45. The standard InChI is InChI=1S/C31H37NO4/c1-4-32-29(33)26-11-8-21(9-12-26)6-7-22-10-13-28(36-30(34-3)35-5-2)27(17-22)31-18-23-14-24(19-31)16-25(15-23)20-31/h8-13,17,23-25,30H,4-5,14-16,18-20H2,1-3H3,(H,32,33). The Labute approximate surface area is 214 Å². The highest BCUT2D eigenvalue weighted by molar-refractivity contribution is 5.94. The summed E-state index contributed by atoms with van der Waals surface area (Å²) >= 11 is 0. The first-order chi connectivity index (χ1) is 17.5. The van der Waals surface area contributed by atoms with Gasteiger partial charge in [0, 0.05) is 35.9 Å². The van der Waals surface area contributed by atoms with Crippen molar-refractivity contribution in [3.8, 4) is 17.6 Å². The quantitative estimate of drug-likeness (QED) is 0.386. The Morgan fingerprint density at radius 2 is 1.58 bits per heavy atom. The smallest absolute Gasteiger partial charge is 0.315 e. The molecule has 190 valence electrons. The van der Waals surface area contributed by atoms with Gasteiger partial charge in [-0.15, -0.1) is 0 Å². The van der Waals surface area contributed by atoms with Crippen LogP contribution in [0.15, 0.2) is 42.5 Å². The van der Waals surface area contributed by atoms with Gasteiger partial charge in [-0.3, -0.25) is 4.79 Å². The van der Waals surface area contributed by atoms with Crippen LogP contribution in [0.5, 0.6) is 5.75 Å². The predicted octanol–water partition coefficient (Wildman–Crippen LogP) is 5.65. The van der Waals surface area contributed by atoms with Gasteiger partial charge in [0.25, 0.3) is 5.91 Å². The molecule has 36 heavy (non-hydrogen) atoms. The largest absolute Gasteiger partial charge is 0.441 e. The van der Waals surface area contributed by atoms with Crippen molar-refractivity contribution in [1.29, 1.82) is 0 Å². The van der Waals surface area contributed by atoms with E-state index in [1.54, 1.807) is 7.11 Å². The minimum absolute atomic E-state index is 0.0609. The molecule has 0 radical (unpaired) electrons. The normalized spacial score (nSPS) is 26.7. The number of benzene rings is 2. The monoisotopic (exact) mass is 487 g/mol. The first kappa shape index (κ1) is 24.9. The zero-order chi connectivity index (χ0) is 25.1. The molecule has 6 rings (SSSR count). The van der Waals surface area contributed by atoms with Gasteiger partial charge in [0.2, 0.25) is 0 Å². The van der Waals surface area contributed by atoms with Gasteiger partial charge in [-0.25, -0.2) is 0 Å². The summed E-state index contributed by atoms with van der Waals surface area (Å²) in [4.78, 5) is 12.0. The molecule has 0 saturated heterocycles. The topological polar surface area (TPSA) is 56.8 Å². The molecule has 4 fully saturated rings. The van der Waals surface area contributed by atoms with Crippen molar-refractivity contribution >= 4 is 5.91 Å². The molecule has 0 aliphatic heterocycles. The molecule has 2 aromatic carbocycles. The highest BCUT2D eigenvalue weighted by Gasteiger charge is 2.52. The lowest BCUT2D eigenvalue weighted by molar-refractivity contribution is -0.231. The van der Waals surface area contributed by atoms with Crippen molar-refractivity contribution in [2.24, 2.45) is 17.8 Å². The molecule has 1 atom stereocenters. The number of nitrogens with one attached hydrogen (secondary N) is 1. The van der Waals surface area contributed by atoms with Gasteiger partial charge in [0.05, 0.1) is 6.61 Å². The molecule has 1 N–H and O–H groups in total. The molecule has 4 aliphatic rings. The van der Waals surface area contributed by atoms with Crippen molar-refractivity contribution in [2.45, 2.75) is 64.3 Å². The first-order valence-electron chi connectivity index (χ1n) is 13.4. The number of methoxy groups -OCH3 is 1. The fraction of sp³-hybridized carbons (Fsp3) is 0.516. The van der Waals surface area contributed by atoms with Crippen LogP contribution >= 0.6 is 0 Å². The number of hydrogen-bond donors (Lipinski definition) is 1. The Kier molecular flexibility index (Phi) is 7.37.